The number of carbonyl (C=O) groups excluding carboxylic acids is 1. The molecule has 0 aromatic carbocycles. The molecule has 0 spiro atoms. The van der Waals surface area contributed by atoms with Crippen LogP contribution in [0.1, 0.15) is 35.3 Å². The number of aryl methyl sites for hydroxylation is 2. The lowest BCUT2D eigenvalue weighted by molar-refractivity contribution is -0.122. The van der Waals surface area contributed by atoms with Gasteiger partial charge in [-0.25, -0.2) is 9.97 Å². The molecule has 0 saturated carbocycles. The first-order valence-electron chi connectivity index (χ1n) is 7.90. The third-order valence-corrected chi connectivity index (χ3v) is 5.45. The molecular weight excluding hydrogens is 340 g/mol. The second-order valence-corrected chi connectivity index (χ2v) is 7.30. The standard InChI is InChI=1S/C17H20N4OS2/c1-13-18-5-8-21(13)7-2-3-16(22)20-15(17-19-6-10-24-17)11-14-4-9-23-12-14/h4-6,8-10,12,15H,2-3,7,11H2,1H3,(H,20,22)/t15-/m0/s1. The quantitative estimate of drug-likeness (QED) is 0.668. The number of hydrogen-bond acceptors (Lipinski definition) is 5. The molecule has 5 nitrogen and oxygen atoms in total. The molecule has 0 aliphatic heterocycles. The molecular formula is C17H20N4OS2. The summed E-state index contributed by atoms with van der Waals surface area (Å²) in [6.07, 6.45) is 7.60. The van der Waals surface area contributed by atoms with Gasteiger partial charge in [0.2, 0.25) is 5.91 Å². The van der Waals surface area contributed by atoms with Crippen molar-refractivity contribution in [2.24, 2.45) is 0 Å². The summed E-state index contributed by atoms with van der Waals surface area (Å²) < 4.78 is 2.07. The number of imidazole rings is 1. The first kappa shape index (κ1) is 16.9. The monoisotopic (exact) mass is 360 g/mol. The first-order valence-corrected chi connectivity index (χ1v) is 9.72. The van der Waals surface area contributed by atoms with E-state index in [4.69, 9.17) is 0 Å². The zero-order chi connectivity index (χ0) is 16.8. The Labute approximate surface area is 149 Å². The highest BCUT2D eigenvalue weighted by Gasteiger charge is 2.17. The Kier molecular flexibility index (Phi) is 5.77. The second-order valence-electron chi connectivity index (χ2n) is 5.60. The van der Waals surface area contributed by atoms with E-state index in [1.807, 2.05) is 18.5 Å². The zero-order valence-corrected chi connectivity index (χ0v) is 15.1. The lowest BCUT2D eigenvalue weighted by Gasteiger charge is -2.16. The summed E-state index contributed by atoms with van der Waals surface area (Å²) in [6, 6.07) is 2.04. The van der Waals surface area contributed by atoms with Gasteiger partial charge in [-0.15, -0.1) is 11.3 Å². The van der Waals surface area contributed by atoms with Crippen molar-refractivity contribution in [1.29, 1.82) is 0 Å². The van der Waals surface area contributed by atoms with E-state index in [0.717, 1.165) is 30.2 Å². The summed E-state index contributed by atoms with van der Waals surface area (Å²) >= 11 is 3.26. The third-order valence-electron chi connectivity index (χ3n) is 3.83. The van der Waals surface area contributed by atoms with Crippen molar-refractivity contribution in [3.8, 4) is 0 Å². The highest BCUT2D eigenvalue weighted by atomic mass is 32.1. The molecule has 0 saturated heterocycles. The van der Waals surface area contributed by atoms with Crippen LogP contribution in [0.3, 0.4) is 0 Å². The van der Waals surface area contributed by atoms with Crippen molar-refractivity contribution >= 4 is 28.6 Å². The van der Waals surface area contributed by atoms with Gasteiger partial charge in [-0.2, -0.15) is 11.3 Å². The Balaban J connectivity index is 1.54. The van der Waals surface area contributed by atoms with Crippen LogP contribution in [0.15, 0.2) is 40.8 Å². The number of nitrogens with one attached hydrogen (secondary N) is 1. The summed E-state index contributed by atoms with van der Waals surface area (Å²) in [5.74, 6) is 1.05. The topological polar surface area (TPSA) is 59.8 Å². The van der Waals surface area contributed by atoms with Crippen molar-refractivity contribution < 1.29 is 4.79 Å². The van der Waals surface area contributed by atoms with Crippen LogP contribution in [0, 0.1) is 6.92 Å². The molecule has 3 rings (SSSR count). The van der Waals surface area contributed by atoms with Gasteiger partial charge in [0.05, 0.1) is 6.04 Å². The highest BCUT2D eigenvalue weighted by Crippen LogP contribution is 2.22. The largest absolute Gasteiger partial charge is 0.347 e. The summed E-state index contributed by atoms with van der Waals surface area (Å²) in [5, 5.41) is 10.2. The van der Waals surface area contributed by atoms with Crippen molar-refractivity contribution in [2.75, 3.05) is 0 Å². The Morgan fingerprint density at radius 3 is 2.92 bits per heavy atom. The molecule has 7 heteroatoms. The van der Waals surface area contributed by atoms with E-state index in [9.17, 15) is 4.79 Å². The van der Waals surface area contributed by atoms with E-state index >= 15 is 0 Å². The molecule has 0 aliphatic carbocycles. The summed E-state index contributed by atoms with van der Waals surface area (Å²) in [6.45, 7) is 2.78. The van der Waals surface area contributed by atoms with Crippen LogP contribution < -0.4 is 5.32 Å². The molecule has 0 aliphatic rings. The van der Waals surface area contributed by atoms with Crippen LogP contribution in [0.5, 0.6) is 0 Å². The molecule has 1 N–H and O–H groups in total. The number of rotatable bonds is 8. The average Bonchev–Trinajstić information content (AvgIpc) is 3.30. The van der Waals surface area contributed by atoms with E-state index in [2.05, 4.69) is 36.7 Å². The molecule has 0 fully saturated rings. The van der Waals surface area contributed by atoms with Crippen molar-refractivity contribution in [2.45, 2.75) is 38.8 Å². The molecule has 3 aromatic rings. The number of carbonyl (C=O) groups is 1. The number of aromatic nitrogens is 3. The molecule has 126 valence electrons. The second kappa shape index (κ2) is 8.21. The van der Waals surface area contributed by atoms with E-state index in [1.54, 1.807) is 35.1 Å². The van der Waals surface area contributed by atoms with Gasteiger partial charge in [-0.3, -0.25) is 4.79 Å². The first-order chi connectivity index (χ1) is 11.7. The fraction of sp³-hybridized carbons (Fsp3) is 0.353. The van der Waals surface area contributed by atoms with Crippen molar-refractivity contribution in [1.82, 2.24) is 19.9 Å². The molecule has 3 aromatic heterocycles. The van der Waals surface area contributed by atoms with E-state index in [-0.39, 0.29) is 11.9 Å². The van der Waals surface area contributed by atoms with Crippen LogP contribution in [-0.2, 0) is 17.8 Å². The SMILES string of the molecule is Cc1nccn1CCCC(=O)N[C@@H](Cc1ccsc1)c1nccs1. The Morgan fingerprint density at radius 2 is 2.25 bits per heavy atom. The predicted molar refractivity (Wildman–Crippen MR) is 97.2 cm³/mol. The molecule has 24 heavy (non-hydrogen) atoms. The highest BCUT2D eigenvalue weighted by molar-refractivity contribution is 7.09. The number of hydrogen-bond donors (Lipinski definition) is 1. The maximum Gasteiger partial charge on any atom is 0.220 e. The minimum Gasteiger partial charge on any atom is -0.347 e. The van der Waals surface area contributed by atoms with Gasteiger partial charge in [0.15, 0.2) is 0 Å². The summed E-state index contributed by atoms with van der Waals surface area (Å²) in [4.78, 5) is 20.9. The predicted octanol–water partition coefficient (Wildman–Crippen LogP) is 3.59. The van der Waals surface area contributed by atoms with Crippen LogP contribution >= 0.6 is 22.7 Å². The van der Waals surface area contributed by atoms with Gasteiger partial charge in [0.1, 0.15) is 10.8 Å². The van der Waals surface area contributed by atoms with Crippen LogP contribution in [-0.4, -0.2) is 20.4 Å². The van der Waals surface area contributed by atoms with Gasteiger partial charge in [-0.05, 0) is 35.7 Å². The molecule has 1 atom stereocenters. The normalized spacial score (nSPS) is 12.2. The molecule has 1 amide bonds. The summed E-state index contributed by atoms with van der Waals surface area (Å²) in [5.41, 5.74) is 1.23. The van der Waals surface area contributed by atoms with Gasteiger partial charge in [-0.1, -0.05) is 0 Å². The Bertz CT molecular complexity index is 750. The van der Waals surface area contributed by atoms with Gasteiger partial charge < -0.3 is 9.88 Å². The molecule has 3 heterocycles. The molecule has 0 radical (unpaired) electrons. The lowest BCUT2D eigenvalue weighted by Crippen LogP contribution is -2.29. The van der Waals surface area contributed by atoms with E-state index in [0.29, 0.717) is 6.42 Å². The maximum atomic E-state index is 12.3. The summed E-state index contributed by atoms with van der Waals surface area (Å²) in [7, 11) is 0. The van der Waals surface area contributed by atoms with Crippen LogP contribution in [0.25, 0.3) is 0 Å². The van der Waals surface area contributed by atoms with Crippen molar-refractivity contribution in [3.05, 3.63) is 57.2 Å². The fourth-order valence-corrected chi connectivity index (χ4v) is 3.94. The average molecular weight is 361 g/mol. The van der Waals surface area contributed by atoms with Crippen LogP contribution in [0.4, 0.5) is 0 Å². The van der Waals surface area contributed by atoms with Gasteiger partial charge >= 0.3 is 0 Å². The molecule has 0 bridgehead atoms. The maximum absolute atomic E-state index is 12.3. The minimum absolute atomic E-state index is 0.0536. The third kappa shape index (κ3) is 4.52. The number of thiophene rings is 1. The van der Waals surface area contributed by atoms with E-state index < -0.39 is 0 Å². The zero-order valence-electron chi connectivity index (χ0n) is 13.5. The van der Waals surface area contributed by atoms with E-state index in [1.165, 1.54) is 5.56 Å². The number of thiazole rings is 1. The van der Waals surface area contributed by atoms with Crippen LogP contribution in [0.2, 0.25) is 0 Å². The van der Waals surface area contributed by atoms with Crippen molar-refractivity contribution in [3.63, 3.8) is 0 Å². The smallest absolute Gasteiger partial charge is 0.220 e. The fourth-order valence-electron chi connectivity index (χ4n) is 2.57. The minimum atomic E-state index is -0.0536. The number of amides is 1. The molecule has 0 unspecified atom stereocenters. The Morgan fingerprint density at radius 1 is 1.33 bits per heavy atom. The van der Waals surface area contributed by atoms with Gasteiger partial charge in [0, 0.05) is 43.4 Å². The Hall–Kier alpha value is -1.99. The lowest BCUT2D eigenvalue weighted by atomic mass is 10.1. The van der Waals surface area contributed by atoms with Gasteiger partial charge in [0.25, 0.3) is 0 Å². The number of nitrogens with zero attached hydrogens (tertiary/aromatic N) is 3.